The summed E-state index contributed by atoms with van der Waals surface area (Å²) >= 11 is 1.69. The summed E-state index contributed by atoms with van der Waals surface area (Å²) in [7, 11) is 0. The Morgan fingerprint density at radius 2 is 1.74 bits per heavy atom. The second kappa shape index (κ2) is 15.4. The van der Waals surface area contributed by atoms with Crippen LogP contribution in [0.4, 0.5) is 0 Å². The first-order valence-corrected chi connectivity index (χ1v) is 14.6. The molecule has 1 saturated heterocycles. The highest BCUT2D eigenvalue weighted by Crippen LogP contribution is 2.26. The van der Waals surface area contributed by atoms with Gasteiger partial charge in [0.25, 0.3) is 5.91 Å². The van der Waals surface area contributed by atoms with Gasteiger partial charge in [-0.25, -0.2) is 0 Å². The van der Waals surface area contributed by atoms with Crippen LogP contribution >= 0.6 is 11.3 Å². The summed E-state index contributed by atoms with van der Waals surface area (Å²) in [5, 5.41) is 10.9. The number of aliphatic carboxylic acids is 1. The molecule has 0 atom stereocenters. The fourth-order valence-corrected chi connectivity index (χ4v) is 5.42. The van der Waals surface area contributed by atoms with Crippen molar-refractivity contribution < 1.29 is 24.2 Å². The SMILES string of the molecule is O=C(O)CCCCCOc1ccccc1CN(CCCN1CCOCC1)C(=O)c1ccc(-c2cccs2)cc1. The Hall–Kier alpha value is -3.20. The first-order valence-electron chi connectivity index (χ1n) is 13.8. The molecule has 39 heavy (non-hydrogen) atoms. The topological polar surface area (TPSA) is 79.3 Å². The fourth-order valence-electron chi connectivity index (χ4n) is 4.68. The predicted octanol–water partition coefficient (Wildman–Crippen LogP) is 5.80. The number of carboxylic acids is 1. The maximum atomic E-state index is 13.7. The minimum absolute atomic E-state index is 0.0122. The molecule has 1 aromatic heterocycles. The van der Waals surface area contributed by atoms with E-state index in [-0.39, 0.29) is 12.3 Å². The van der Waals surface area contributed by atoms with Crippen molar-refractivity contribution in [2.24, 2.45) is 0 Å². The van der Waals surface area contributed by atoms with Gasteiger partial charge in [-0.2, -0.15) is 0 Å². The van der Waals surface area contributed by atoms with Crippen molar-refractivity contribution in [1.82, 2.24) is 9.80 Å². The van der Waals surface area contributed by atoms with Gasteiger partial charge in [0.1, 0.15) is 5.75 Å². The number of carbonyl (C=O) groups is 2. The van der Waals surface area contributed by atoms with Gasteiger partial charge in [-0.1, -0.05) is 36.4 Å². The molecule has 1 fully saturated rings. The van der Waals surface area contributed by atoms with Crippen molar-refractivity contribution in [2.75, 3.05) is 46.0 Å². The lowest BCUT2D eigenvalue weighted by atomic mass is 10.1. The van der Waals surface area contributed by atoms with Crippen LogP contribution in [0.1, 0.15) is 48.0 Å². The van der Waals surface area contributed by atoms with Gasteiger partial charge in [-0.3, -0.25) is 14.5 Å². The highest BCUT2D eigenvalue weighted by molar-refractivity contribution is 7.13. The third-order valence-corrected chi connectivity index (χ3v) is 7.78. The zero-order chi connectivity index (χ0) is 27.3. The molecule has 0 bridgehead atoms. The average molecular weight is 551 g/mol. The molecule has 2 aromatic carbocycles. The van der Waals surface area contributed by atoms with Crippen molar-refractivity contribution in [3.63, 3.8) is 0 Å². The van der Waals surface area contributed by atoms with Crippen LogP contribution in [0.15, 0.2) is 66.0 Å². The number of carboxylic acid groups (broad SMARTS) is 1. The molecule has 0 saturated carbocycles. The van der Waals surface area contributed by atoms with Gasteiger partial charge >= 0.3 is 5.97 Å². The summed E-state index contributed by atoms with van der Waals surface area (Å²) in [6, 6.07) is 19.9. The van der Waals surface area contributed by atoms with Crippen LogP contribution in [0, 0.1) is 0 Å². The van der Waals surface area contributed by atoms with Crippen LogP contribution in [0.3, 0.4) is 0 Å². The zero-order valence-corrected chi connectivity index (χ0v) is 23.2. The van der Waals surface area contributed by atoms with Gasteiger partial charge < -0.3 is 19.5 Å². The second-order valence-corrected chi connectivity index (χ2v) is 10.7. The monoisotopic (exact) mass is 550 g/mol. The van der Waals surface area contributed by atoms with Gasteiger partial charge in [-0.15, -0.1) is 11.3 Å². The predicted molar refractivity (Wildman–Crippen MR) is 154 cm³/mol. The molecular weight excluding hydrogens is 512 g/mol. The Balaban J connectivity index is 1.41. The van der Waals surface area contributed by atoms with E-state index in [9.17, 15) is 9.59 Å². The quantitative estimate of drug-likeness (QED) is 0.241. The molecule has 1 aliphatic rings. The molecule has 1 amide bonds. The van der Waals surface area contributed by atoms with E-state index in [1.54, 1.807) is 11.3 Å². The highest BCUT2D eigenvalue weighted by atomic mass is 32.1. The van der Waals surface area contributed by atoms with Gasteiger partial charge in [0.15, 0.2) is 0 Å². The Morgan fingerprint density at radius 1 is 0.949 bits per heavy atom. The molecule has 4 rings (SSSR count). The smallest absolute Gasteiger partial charge is 0.303 e. The largest absolute Gasteiger partial charge is 0.493 e. The molecule has 0 radical (unpaired) electrons. The van der Waals surface area contributed by atoms with E-state index in [1.165, 1.54) is 4.88 Å². The normalized spacial score (nSPS) is 13.7. The van der Waals surface area contributed by atoms with Crippen LogP contribution in [0.2, 0.25) is 0 Å². The summed E-state index contributed by atoms with van der Waals surface area (Å²) in [5.41, 5.74) is 2.76. The number of para-hydroxylation sites is 1. The number of thiophene rings is 1. The average Bonchev–Trinajstić information content (AvgIpc) is 3.50. The Kier molecular flexibility index (Phi) is 11.4. The molecular formula is C31H38N2O5S. The van der Waals surface area contributed by atoms with Crippen molar-refractivity contribution >= 4 is 23.2 Å². The number of carbonyl (C=O) groups excluding carboxylic acids is 1. The molecule has 7 nitrogen and oxygen atoms in total. The molecule has 208 valence electrons. The molecule has 0 spiro atoms. The summed E-state index contributed by atoms with van der Waals surface area (Å²) < 4.78 is 11.6. The number of morpholine rings is 1. The van der Waals surface area contributed by atoms with Gasteiger partial charge in [0.2, 0.25) is 0 Å². The lowest BCUT2D eigenvalue weighted by molar-refractivity contribution is -0.137. The van der Waals surface area contributed by atoms with Crippen LogP contribution in [0.5, 0.6) is 5.75 Å². The van der Waals surface area contributed by atoms with Gasteiger partial charge in [0, 0.05) is 55.1 Å². The first kappa shape index (κ1) is 28.8. The van der Waals surface area contributed by atoms with Crippen LogP contribution in [0.25, 0.3) is 10.4 Å². The number of hydrogen-bond acceptors (Lipinski definition) is 6. The van der Waals surface area contributed by atoms with Gasteiger partial charge in [0.05, 0.1) is 19.8 Å². The number of rotatable bonds is 15. The molecule has 2 heterocycles. The summed E-state index contributed by atoms with van der Waals surface area (Å²) in [6.45, 7) is 5.95. The van der Waals surface area contributed by atoms with E-state index in [1.807, 2.05) is 59.5 Å². The Bertz CT molecular complexity index is 1160. The maximum Gasteiger partial charge on any atom is 0.303 e. The third-order valence-electron chi connectivity index (χ3n) is 6.86. The van der Waals surface area contributed by atoms with E-state index in [2.05, 4.69) is 16.3 Å². The number of nitrogens with zero attached hydrogens (tertiary/aromatic N) is 2. The molecule has 1 aliphatic heterocycles. The zero-order valence-electron chi connectivity index (χ0n) is 22.4. The third kappa shape index (κ3) is 9.20. The number of amides is 1. The van der Waals surface area contributed by atoms with Crippen LogP contribution in [-0.4, -0.2) is 72.8 Å². The molecule has 0 unspecified atom stereocenters. The Labute approximate surface area is 235 Å². The van der Waals surface area contributed by atoms with Crippen LogP contribution in [-0.2, 0) is 16.1 Å². The molecule has 3 aromatic rings. The molecule has 0 aliphatic carbocycles. The van der Waals surface area contributed by atoms with E-state index < -0.39 is 5.97 Å². The fraction of sp³-hybridized carbons (Fsp3) is 0.419. The number of ether oxygens (including phenoxy) is 2. The molecule has 8 heteroatoms. The van der Waals surface area contributed by atoms with E-state index in [4.69, 9.17) is 14.6 Å². The first-order chi connectivity index (χ1) is 19.1. The summed E-state index contributed by atoms with van der Waals surface area (Å²) in [5.74, 6) is 0.0220. The minimum Gasteiger partial charge on any atom is -0.493 e. The van der Waals surface area contributed by atoms with E-state index >= 15 is 0 Å². The summed E-state index contributed by atoms with van der Waals surface area (Å²) in [4.78, 5) is 30.0. The van der Waals surface area contributed by atoms with Crippen molar-refractivity contribution in [2.45, 2.75) is 38.6 Å². The standard InChI is InChI=1S/C31H38N2O5S/c34-30(35)11-2-1-5-20-38-28-9-4-3-8-27(28)24-33(17-7-16-32-18-21-37-22-19-32)31(36)26-14-12-25(13-15-26)29-10-6-23-39-29/h3-4,6,8-10,12-15,23H,1-2,5,7,11,16-22,24H2,(H,34,35). The lowest BCUT2D eigenvalue weighted by Gasteiger charge is -2.29. The minimum atomic E-state index is -0.763. The number of benzene rings is 2. The van der Waals surface area contributed by atoms with E-state index in [0.717, 1.165) is 69.0 Å². The highest BCUT2D eigenvalue weighted by Gasteiger charge is 2.19. The number of hydrogen-bond donors (Lipinski definition) is 1. The lowest BCUT2D eigenvalue weighted by Crippen LogP contribution is -2.39. The maximum absolute atomic E-state index is 13.7. The van der Waals surface area contributed by atoms with Crippen molar-refractivity contribution in [3.8, 4) is 16.2 Å². The van der Waals surface area contributed by atoms with E-state index in [0.29, 0.717) is 31.7 Å². The second-order valence-electron chi connectivity index (χ2n) is 9.75. The van der Waals surface area contributed by atoms with Crippen molar-refractivity contribution in [1.29, 1.82) is 0 Å². The Morgan fingerprint density at radius 3 is 2.49 bits per heavy atom. The van der Waals surface area contributed by atoms with Crippen LogP contribution < -0.4 is 4.74 Å². The number of unbranched alkanes of at least 4 members (excludes halogenated alkanes) is 2. The van der Waals surface area contributed by atoms with Crippen molar-refractivity contribution in [3.05, 3.63) is 77.2 Å². The summed E-state index contributed by atoms with van der Waals surface area (Å²) in [6.07, 6.45) is 3.32. The van der Waals surface area contributed by atoms with Gasteiger partial charge in [-0.05, 0) is 60.9 Å². The molecule has 1 N–H and O–H groups in total.